The van der Waals surface area contributed by atoms with E-state index < -0.39 is 0 Å². The van der Waals surface area contributed by atoms with Crippen LogP contribution in [0.2, 0.25) is 5.02 Å². The molecule has 16 heavy (non-hydrogen) atoms. The lowest BCUT2D eigenvalue weighted by molar-refractivity contribution is 0.438. The predicted octanol–water partition coefficient (Wildman–Crippen LogP) is 4.43. The maximum atomic E-state index is 5.89. The molecule has 0 bridgehead atoms. The molecular weight excluding hydrogens is 218 g/mol. The van der Waals surface area contributed by atoms with E-state index in [1.54, 1.807) is 0 Å². The molecular formula is C14H22ClN. The van der Waals surface area contributed by atoms with Crippen molar-refractivity contribution < 1.29 is 0 Å². The molecule has 0 aromatic heterocycles. The first-order valence-electron chi connectivity index (χ1n) is 6.16. The molecule has 0 spiro atoms. The summed E-state index contributed by atoms with van der Waals surface area (Å²) in [6.45, 7) is 7.80. The van der Waals surface area contributed by atoms with Crippen LogP contribution in [0.4, 0.5) is 0 Å². The molecule has 1 N–H and O–H groups in total. The van der Waals surface area contributed by atoms with Crippen LogP contribution in [0.1, 0.15) is 45.2 Å². The Morgan fingerprint density at radius 2 is 1.75 bits per heavy atom. The SMILES string of the molecule is CCC(C)CNC(CC)c1ccc(Cl)cc1. The zero-order chi connectivity index (χ0) is 12.0. The summed E-state index contributed by atoms with van der Waals surface area (Å²) < 4.78 is 0. The molecule has 0 heterocycles. The van der Waals surface area contributed by atoms with Gasteiger partial charge < -0.3 is 5.32 Å². The van der Waals surface area contributed by atoms with E-state index in [1.165, 1.54) is 12.0 Å². The largest absolute Gasteiger partial charge is 0.310 e. The van der Waals surface area contributed by atoms with Gasteiger partial charge in [-0.3, -0.25) is 0 Å². The van der Waals surface area contributed by atoms with Gasteiger partial charge in [-0.05, 0) is 36.6 Å². The summed E-state index contributed by atoms with van der Waals surface area (Å²) in [6, 6.07) is 8.60. The normalized spacial score (nSPS) is 14.8. The minimum Gasteiger partial charge on any atom is -0.310 e. The third kappa shape index (κ3) is 4.15. The third-order valence-corrected chi connectivity index (χ3v) is 3.34. The summed E-state index contributed by atoms with van der Waals surface area (Å²) >= 11 is 5.89. The van der Waals surface area contributed by atoms with Crippen molar-refractivity contribution in [3.8, 4) is 0 Å². The standard InChI is InChI=1S/C14H22ClN/c1-4-11(3)10-16-14(5-2)12-6-8-13(15)9-7-12/h6-9,11,14,16H,4-5,10H2,1-3H3. The molecule has 0 amide bonds. The van der Waals surface area contributed by atoms with E-state index >= 15 is 0 Å². The molecule has 0 aliphatic heterocycles. The minimum atomic E-state index is 0.450. The van der Waals surface area contributed by atoms with Crippen LogP contribution in [0.15, 0.2) is 24.3 Å². The maximum Gasteiger partial charge on any atom is 0.0406 e. The monoisotopic (exact) mass is 239 g/mol. The Kier molecular flexibility index (Phi) is 5.86. The van der Waals surface area contributed by atoms with Crippen molar-refractivity contribution in [2.24, 2.45) is 5.92 Å². The quantitative estimate of drug-likeness (QED) is 0.775. The van der Waals surface area contributed by atoms with E-state index in [0.717, 1.165) is 23.9 Å². The first-order valence-corrected chi connectivity index (χ1v) is 6.54. The van der Waals surface area contributed by atoms with Gasteiger partial charge in [0.15, 0.2) is 0 Å². The average Bonchev–Trinajstić information content (AvgIpc) is 2.31. The van der Waals surface area contributed by atoms with Crippen molar-refractivity contribution in [3.63, 3.8) is 0 Å². The summed E-state index contributed by atoms with van der Waals surface area (Å²) in [5.41, 5.74) is 1.33. The molecule has 1 nitrogen and oxygen atoms in total. The van der Waals surface area contributed by atoms with Crippen LogP contribution in [-0.2, 0) is 0 Å². The molecule has 0 saturated heterocycles. The highest BCUT2D eigenvalue weighted by atomic mass is 35.5. The molecule has 2 heteroatoms. The lowest BCUT2D eigenvalue weighted by Gasteiger charge is -2.19. The second-order valence-electron chi connectivity index (χ2n) is 4.43. The predicted molar refractivity (Wildman–Crippen MR) is 71.9 cm³/mol. The Labute approximate surface area is 104 Å². The van der Waals surface area contributed by atoms with Gasteiger partial charge in [0, 0.05) is 11.1 Å². The molecule has 0 saturated carbocycles. The van der Waals surface area contributed by atoms with Gasteiger partial charge in [-0.25, -0.2) is 0 Å². The number of hydrogen-bond acceptors (Lipinski definition) is 1. The molecule has 0 fully saturated rings. The molecule has 90 valence electrons. The Morgan fingerprint density at radius 1 is 1.12 bits per heavy atom. The Bertz CT molecular complexity index is 294. The highest BCUT2D eigenvalue weighted by molar-refractivity contribution is 6.30. The zero-order valence-electron chi connectivity index (χ0n) is 10.5. The number of rotatable bonds is 6. The smallest absolute Gasteiger partial charge is 0.0406 e. The topological polar surface area (TPSA) is 12.0 Å². The summed E-state index contributed by atoms with van der Waals surface area (Å²) in [7, 11) is 0. The molecule has 1 aromatic carbocycles. The molecule has 0 aliphatic carbocycles. The molecule has 0 radical (unpaired) electrons. The van der Waals surface area contributed by atoms with Crippen LogP contribution in [0.25, 0.3) is 0 Å². The van der Waals surface area contributed by atoms with E-state index in [2.05, 4.69) is 38.2 Å². The van der Waals surface area contributed by atoms with Crippen molar-refractivity contribution >= 4 is 11.6 Å². The number of hydrogen-bond donors (Lipinski definition) is 1. The van der Waals surface area contributed by atoms with E-state index in [0.29, 0.717) is 6.04 Å². The van der Waals surface area contributed by atoms with Crippen LogP contribution in [0.5, 0.6) is 0 Å². The fraction of sp³-hybridized carbons (Fsp3) is 0.571. The van der Waals surface area contributed by atoms with Gasteiger partial charge in [-0.1, -0.05) is 50.9 Å². The van der Waals surface area contributed by atoms with Crippen LogP contribution in [0, 0.1) is 5.92 Å². The maximum absolute atomic E-state index is 5.89. The van der Waals surface area contributed by atoms with Gasteiger partial charge in [0.1, 0.15) is 0 Å². The van der Waals surface area contributed by atoms with Crippen molar-refractivity contribution in [1.29, 1.82) is 0 Å². The number of benzene rings is 1. The summed E-state index contributed by atoms with van der Waals surface area (Å²) in [6.07, 6.45) is 2.34. The average molecular weight is 240 g/mol. The molecule has 0 aliphatic rings. The van der Waals surface area contributed by atoms with E-state index in [-0.39, 0.29) is 0 Å². The Hall–Kier alpha value is -0.530. The van der Waals surface area contributed by atoms with Crippen LogP contribution in [-0.4, -0.2) is 6.54 Å². The van der Waals surface area contributed by atoms with Gasteiger partial charge >= 0.3 is 0 Å². The van der Waals surface area contributed by atoms with Crippen LogP contribution in [0.3, 0.4) is 0 Å². The molecule has 1 aromatic rings. The van der Waals surface area contributed by atoms with Gasteiger partial charge in [-0.2, -0.15) is 0 Å². The third-order valence-electron chi connectivity index (χ3n) is 3.09. The second-order valence-corrected chi connectivity index (χ2v) is 4.87. The lowest BCUT2D eigenvalue weighted by atomic mass is 10.0. The minimum absolute atomic E-state index is 0.450. The van der Waals surface area contributed by atoms with Crippen molar-refractivity contribution in [2.75, 3.05) is 6.54 Å². The summed E-state index contributed by atoms with van der Waals surface area (Å²) in [5.74, 6) is 0.737. The molecule has 1 rings (SSSR count). The Morgan fingerprint density at radius 3 is 2.25 bits per heavy atom. The molecule has 2 atom stereocenters. The highest BCUT2D eigenvalue weighted by Crippen LogP contribution is 2.19. The fourth-order valence-electron chi connectivity index (χ4n) is 1.68. The number of nitrogens with one attached hydrogen (secondary N) is 1. The van der Waals surface area contributed by atoms with Crippen molar-refractivity contribution in [3.05, 3.63) is 34.9 Å². The first kappa shape index (κ1) is 13.5. The van der Waals surface area contributed by atoms with Crippen LogP contribution < -0.4 is 5.32 Å². The van der Waals surface area contributed by atoms with E-state index in [9.17, 15) is 0 Å². The van der Waals surface area contributed by atoms with Gasteiger partial charge in [-0.15, -0.1) is 0 Å². The van der Waals surface area contributed by atoms with Gasteiger partial charge in [0.05, 0.1) is 0 Å². The summed E-state index contributed by atoms with van der Waals surface area (Å²) in [5, 5.41) is 4.42. The van der Waals surface area contributed by atoms with Gasteiger partial charge in [0.2, 0.25) is 0 Å². The second kappa shape index (κ2) is 6.93. The summed E-state index contributed by atoms with van der Waals surface area (Å²) in [4.78, 5) is 0. The number of halogens is 1. The van der Waals surface area contributed by atoms with E-state index in [1.807, 2.05) is 12.1 Å². The fourth-order valence-corrected chi connectivity index (χ4v) is 1.81. The zero-order valence-corrected chi connectivity index (χ0v) is 11.2. The van der Waals surface area contributed by atoms with Crippen molar-refractivity contribution in [1.82, 2.24) is 5.32 Å². The van der Waals surface area contributed by atoms with Crippen molar-refractivity contribution in [2.45, 2.75) is 39.7 Å². The van der Waals surface area contributed by atoms with Gasteiger partial charge in [0.25, 0.3) is 0 Å². The lowest BCUT2D eigenvalue weighted by Crippen LogP contribution is -2.25. The molecule has 2 unspecified atom stereocenters. The van der Waals surface area contributed by atoms with E-state index in [4.69, 9.17) is 11.6 Å². The first-order chi connectivity index (χ1) is 7.67. The van der Waals surface area contributed by atoms with Crippen LogP contribution >= 0.6 is 11.6 Å². The Balaban J connectivity index is 2.57. The highest BCUT2D eigenvalue weighted by Gasteiger charge is 2.09.